The SMILES string of the molecule is CC(=O)c1csc2c1CCN(C(=C1CC1)c1cnc3ccccn13)C2. The molecule has 3 aromatic rings. The van der Waals surface area contributed by atoms with Crippen molar-refractivity contribution in [3.8, 4) is 0 Å². The van der Waals surface area contributed by atoms with Gasteiger partial charge in [-0.3, -0.25) is 9.20 Å². The van der Waals surface area contributed by atoms with E-state index in [-0.39, 0.29) is 5.78 Å². The number of hydrogen-bond acceptors (Lipinski definition) is 4. The van der Waals surface area contributed by atoms with Gasteiger partial charge in [0, 0.05) is 28.6 Å². The second-order valence-electron chi connectivity index (χ2n) is 6.80. The number of hydrogen-bond donors (Lipinski definition) is 0. The maximum atomic E-state index is 11.8. The predicted molar refractivity (Wildman–Crippen MR) is 99.8 cm³/mol. The van der Waals surface area contributed by atoms with Gasteiger partial charge in [0.05, 0.1) is 24.1 Å². The summed E-state index contributed by atoms with van der Waals surface area (Å²) >= 11 is 1.73. The number of carbonyl (C=O) groups excluding carboxylic acids is 1. The molecule has 0 amide bonds. The molecule has 0 aromatic carbocycles. The van der Waals surface area contributed by atoms with E-state index >= 15 is 0 Å². The van der Waals surface area contributed by atoms with E-state index in [4.69, 9.17) is 0 Å². The minimum absolute atomic E-state index is 0.188. The highest BCUT2D eigenvalue weighted by Gasteiger charge is 2.30. The summed E-state index contributed by atoms with van der Waals surface area (Å²) in [6.07, 6.45) is 7.40. The van der Waals surface area contributed by atoms with E-state index in [1.54, 1.807) is 18.3 Å². The predicted octanol–water partition coefficient (Wildman–Crippen LogP) is 4.16. The molecule has 0 atom stereocenters. The second kappa shape index (κ2) is 5.56. The summed E-state index contributed by atoms with van der Waals surface area (Å²) in [5.74, 6) is 0.188. The van der Waals surface area contributed by atoms with E-state index in [2.05, 4.69) is 26.5 Å². The number of Topliss-reactive ketones (excluding diaryl/α,β-unsaturated/α-hetero) is 1. The summed E-state index contributed by atoms with van der Waals surface area (Å²) in [6, 6.07) is 6.13. The first-order valence-electron chi connectivity index (χ1n) is 8.72. The zero-order chi connectivity index (χ0) is 17.0. The Labute approximate surface area is 150 Å². The number of ketones is 1. The van der Waals surface area contributed by atoms with Crippen LogP contribution in [0, 0.1) is 0 Å². The average molecular weight is 349 g/mol. The number of nitrogens with zero attached hydrogens (tertiary/aromatic N) is 3. The minimum atomic E-state index is 0.188. The molecular weight excluding hydrogens is 330 g/mol. The highest BCUT2D eigenvalue weighted by Crippen LogP contribution is 2.41. The van der Waals surface area contributed by atoms with Crippen molar-refractivity contribution in [1.82, 2.24) is 14.3 Å². The van der Waals surface area contributed by atoms with Crippen LogP contribution in [0.4, 0.5) is 0 Å². The first kappa shape index (κ1) is 14.9. The van der Waals surface area contributed by atoms with Crippen LogP contribution in [0.15, 0.2) is 41.5 Å². The zero-order valence-electron chi connectivity index (χ0n) is 14.2. The van der Waals surface area contributed by atoms with Gasteiger partial charge in [-0.25, -0.2) is 4.98 Å². The van der Waals surface area contributed by atoms with Gasteiger partial charge in [-0.2, -0.15) is 0 Å². The van der Waals surface area contributed by atoms with Gasteiger partial charge in [0.2, 0.25) is 0 Å². The number of pyridine rings is 1. The number of carbonyl (C=O) groups is 1. The van der Waals surface area contributed by atoms with Crippen LogP contribution in [0.25, 0.3) is 11.3 Å². The number of allylic oxidation sites excluding steroid dienone is 1. The van der Waals surface area contributed by atoms with Crippen molar-refractivity contribution in [3.63, 3.8) is 0 Å². The fourth-order valence-corrected chi connectivity index (χ4v) is 4.94. The van der Waals surface area contributed by atoms with Gasteiger partial charge in [-0.05, 0) is 49.5 Å². The third-order valence-electron chi connectivity index (χ3n) is 5.14. The summed E-state index contributed by atoms with van der Waals surface area (Å²) < 4.78 is 2.19. The molecule has 0 bridgehead atoms. The van der Waals surface area contributed by atoms with Crippen molar-refractivity contribution < 1.29 is 4.79 Å². The van der Waals surface area contributed by atoms with E-state index in [9.17, 15) is 4.79 Å². The molecule has 5 heteroatoms. The Morgan fingerprint density at radius 1 is 1.24 bits per heavy atom. The van der Waals surface area contributed by atoms with Gasteiger partial charge < -0.3 is 4.90 Å². The highest BCUT2D eigenvalue weighted by atomic mass is 32.1. The van der Waals surface area contributed by atoms with Gasteiger partial charge in [-0.15, -0.1) is 11.3 Å². The number of imidazole rings is 1. The van der Waals surface area contributed by atoms with E-state index in [1.807, 2.05) is 23.7 Å². The molecule has 5 rings (SSSR count). The number of rotatable bonds is 3. The standard InChI is InChI=1S/C20H19N3OS/c1-13(24)16-12-25-18-11-22(9-7-15(16)18)20(14-5-6-14)17-10-21-19-4-2-3-8-23(17)19/h2-4,8,10,12H,5-7,9,11H2,1H3. The third-order valence-corrected chi connectivity index (χ3v) is 6.15. The minimum Gasteiger partial charge on any atom is -0.364 e. The second-order valence-corrected chi connectivity index (χ2v) is 7.77. The van der Waals surface area contributed by atoms with Gasteiger partial charge >= 0.3 is 0 Å². The molecule has 25 heavy (non-hydrogen) atoms. The van der Waals surface area contributed by atoms with Gasteiger partial charge in [0.25, 0.3) is 0 Å². The van der Waals surface area contributed by atoms with Crippen LogP contribution in [0.3, 0.4) is 0 Å². The summed E-state index contributed by atoms with van der Waals surface area (Å²) in [5, 5.41) is 2.04. The lowest BCUT2D eigenvalue weighted by atomic mass is 10.0. The van der Waals surface area contributed by atoms with Crippen LogP contribution in [0.1, 0.15) is 46.3 Å². The Bertz CT molecular complexity index is 1020. The van der Waals surface area contributed by atoms with Crippen molar-refractivity contribution in [2.45, 2.75) is 32.7 Å². The molecule has 0 unspecified atom stereocenters. The van der Waals surface area contributed by atoms with Crippen molar-refractivity contribution in [3.05, 3.63) is 63.2 Å². The average Bonchev–Trinajstić information content (AvgIpc) is 3.21. The molecule has 0 saturated heterocycles. The first-order valence-corrected chi connectivity index (χ1v) is 9.60. The van der Waals surface area contributed by atoms with Gasteiger partial charge in [0.15, 0.2) is 5.78 Å². The topological polar surface area (TPSA) is 37.6 Å². The molecule has 4 heterocycles. The molecular formula is C20H19N3OS. The summed E-state index contributed by atoms with van der Waals surface area (Å²) in [4.78, 5) is 20.2. The molecule has 4 nitrogen and oxygen atoms in total. The Morgan fingerprint density at radius 2 is 2.12 bits per heavy atom. The molecule has 1 saturated carbocycles. The Hall–Kier alpha value is -2.40. The number of fused-ring (bicyclic) bond motifs is 2. The van der Waals surface area contributed by atoms with Crippen molar-refractivity contribution >= 4 is 28.5 Å². The van der Waals surface area contributed by atoms with E-state index in [1.165, 1.54) is 40.2 Å². The molecule has 3 aromatic heterocycles. The molecule has 0 N–H and O–H groups in total. The fourth-order valence-electron chi connectivity index (χ4n) is 3.79. The molecule has 2 aliphatic rings. The normalized spacial score (nSPS) is 16.2. The van der Waals surface area contributed by atoms with Crippen LogP contribution >= 0.6 is 11.3 Å². The van der Waals surface area contributed by atoms with Crippen LogP contribution in [-0.2, 0) is 13.0 Å². The lowest BCUT2D eigenvalue weighted by Crippen LogP contribution is -2.29. The molecule has 1 fully saturated rings. The van der Waals surface area contributed by atoms with E-state index in [0.717, 1.165) is 30.7 Å². The summed E-state index contributed by atoms with van der Waals surface area (Å²) in [7, 11) is 0. The van der Waals surface area contributed by atoms with Crippen molar-refractivity contribution in [2.75, 3.05) is 6.54 Å². The van der Waals surface area contributed by atoms with Crippen LogP contribution in [-0.4, -0.2) is 26.6 Å². The lowest BCUT2D eigenvalue weighted by molar-refractivity contribution is 0.101. The zero-order valence-corrected chi connectivity index (χ0v) is 15.0. The maximum Gasteiger partial charge on any atom is 0.160 e. The fraction of sp³-hybridized carbons (Fsp3) is 0.300. The van der Waals surface area contributed by atoms with E-state index in [0.29, 0.717) is 0 Å². The first-order chi connectivity index (χ1) is 12.2. The smallest absolute Gasteiger partial charge is 0.160 e. The monoisotopic (exact) mass is 349 g/mol. The van der Waals surface area contributed by atoms with Crippen LogP contribution in [0.5, 0.6) is 0 Å². The number of aromatic nitrogens is 2. The van der Waals surface area contributed by atoms with Gasteiger partial charge in [-0.1, -0.05) is 6.07 Å². The molecule has 1 aliphatic heterocycles. The Morgan fingerprint density at radius 3 is 2.92 bits per heavy atom. The largest absolute Gasteiger partial charge is 0.364 e. The summed E-state index contributed by atoms with van der Waals surface area (Å²) in [6.45, 7) is 3.53. The van der Waals surface area contributed by atoms with Crippen molar-refractivity contribution in [2.24, 2.45) is 0 Å². The third kappa shape index (κ3) is 2.42. The number of thiophene rings is 1. The van der Waals surface area contributed by atoms with Crippen molar-refractivity contribution in [1.29, 1.82) is 0 Å². The molecule has 126 valence electrons. The van der Waals surface area contributed by atoms with Crippen LogP contribution < -0.4 is 0 Å². The van der Waals surface area contributed by atoms with Crippen LogP contribution in [0.2, 0.25) is 0 Å². The van der Waals surface area contributed by atoms with E-state index < -0.39 is 0 Å². The molecule has 0 radical (unpaired) electrons. The quantitative estimate of drug-likeness (QED) is 0.666. The Balaban J connectivity index is 1.55. The molecule has 1 aliphatic carbocycles. The lowest BCUT2D eigenvalue weighted by Gasteiger charge is -2.31. The van der Waals surface area contributed by atoms with Gasteiger partial charge in [0.1, 0.15) is 5.65 Å². The Kier molecular flexibility index (Phi) is 3.31. The maximum absolute atomic E-state index is 11.8. The highest BCUT2D eigenvalue weighted by molar-refractivity contribution is 7.10. The molecule has 0 spiro atoms. The summed E-state index contributed by atoms with van der Waals surface area (Å²) in [5.41, 5.74) is 7.25.